The van der Waals surface area contributed by atoms with E-state index >= 15 is 0 Å². The molecule has 2 aromatic rings. The maximum atomic E-state index is 13.0. The first-order chi connectivity index (χ1) is 10.7. The van der Waals surface area contributed by atoms with Crippen LogP contribution in [0.25, 0.3) is 0 Å². The molecule has 0 aliphatic carbocycles. The number of amides is 1. The number of hydrogen-bond donors (Lipinski definition) is 1. The van der Waals surface area contributed by atoms with Crippen molar-refractivity contribution in [3.8, 4) is 0 Å². The maximum Gasteiger partial charge on any atom is 0.235 e. The molecule has 1 aliphatic rings. The van der Waals surface area contributed by atoms with E-state index in [-0.39, 0.29) is 5.91 Å². The first-order valence-corrected chi connectivity index (χ1v) is 7.72. The minimum absolute atomic E-state index is 0.0626. The number of ether oxygens (including phenoxy) is 1. The molecular formula is C19H21NO2. The molecule has 0 aromatic heterocycles. The Hall–Kier alpha value is -2.13. The van der Waals surface area contributed by atoms with Crippen molar-refractivity contribution < 1.29 is 9.53 Å². The molecule has 0 saturated carbocycles. The highest BCUT2D eigenvalue weighted by Crippen LogP contribution is 2.36. The average Bonchev–Trinajstić information content (AvgIpc) is 2.56. The topological polar surface area (TPSA) is 38.3 Å². The van der Waals surface area contributed by atoms with Crippen molar-refractivity contribution in [2.75, 3.05) is 18.5 Å². The highest BCUT2D eigenvalue weighted by molar-refractivity contribution is 5.99. The normalized spacial score (nSPS) is 17.0. The van der Waals surface area contributed by atoms with Crippen LogP contribution in [0.5, 0.6) is 0 Å². The van der Waals surface area contributed by atoms with Crippen LogP contribution in [0.15, 0.2) is 54.6 Å². The second-order valence-corrected chi connectivity index (χ2v) is 5.88. The first-order valence-electron chi connectivity index (χ1n) is 7.72. The standard InChI is InChI=1S/C19H21NO2/c1-15-6-5-9-17(14-15)20-18(21)19(10-12-22-13-11-19)16-7-3-2-4-8-16/h2-9,14H,10-13H2,1H3,(H,20,21). The van der Waals surface area contributed by atoms with E-state index in [2.05, 4.69) is 5.32 Å². The third-order valence-electron chi connectivity index (χ3n) is 4.38. The number of benzene rings is 2. The molecule has 0 bridgehead atoms. The average molecular weight is 295 g/mol. The van der Waals surface area contributed by atoms with E-state index < -0.39 is 5.41 Å². The first kappa shape index (κ1) is 14.8. The highest BCUT2D eigenvalue weighted by atomic mass is 16.5. The summed E-state index contributed by atoms with van der Waals surface area (Å²) in [5.74, 6) is 0.0626. The molecule has 1 N–H and O–H groups in total. The van der Waals surface area contributed by atoms with Gasteiger partial charge in [0.25, 0.3) is 0 Å². The molecule has 1 aliphatic heterocycles. The van der Waals surface area contributed by atoms with Gasteiger partial charge in [-0.25, -0.2) is 0 Å². The lowest BCUT2D eigenvalue weighted by atomic mass is 9.73. The van der Waals surface area contributed by atoms with Crippen molar-refractivity contribution in [1.29, 1.82) is 0 Å². The fraction of sp³-hybridized carbons (Fsp3) is 0.316. The Bertz CT molecular complexity index is 645. The lowest BCUT2D eigenvalue weighted by Gasteiger charge is -2.36. The largest absolute Gasteiger partial charge is 0.381 e. The summed E-state index contributed by atoms with van der Waals surface area (Å²) in [6.45, 7) is 3.27. The molecule has 3 rings (SSSR count). The smallest absolute Gasteiger partial charge is 0.235 e. The maximum absolute atomic E-state index is 13.0. The lowest BCUT2D eigenvalue weighted by Crippen LogP contribution is -2.44. The predicted molar refractivity (Wildman–Crippen MR) is 88.0 cm³/mol. The van der Waals surface area contributed by atoms with Gasteiger partial charge in [-0.2, -0.15) is 0 Å². The molecule has 2 aromatic carbocycles. The molecule has 1 fully saturated rings. The zero-order valence-electron chi connectivity index (χ0n) is 12.8. The van der Waals surface area contributed by atoms with Gasteiger partial charge in [0, 0.05) is 18.9 Å². The van der Waals surface area contributed by atoms with Crippen molar-refractivity contribution in [2.24, 2.45) is 0 Å². The SMILES string of the molecule is Cc1cccc(NC(=O)C2(c3ccccc3)CCOCC2)c1. The second-order valence-electron chi connectivity index (χ2n) is 5.88. The van der Waals surface area contributed by atoms with Crippen LogP contribution in [0.4, 0.5) is 5.69 Å². The number of anilines is 1. The number of rotatable bonds is 3. The molecule has 3 nitrogen and oxygen atoms in total. The van der Waals surface area contributed by atoms with Gasteiger partial charge < -0.3 is 10.1 Å². The lowest BCUT2D eigenvalue weighted by molar-refractivity contribution is -0.125. The Balaban J connectivity index is 1.91. The Kier molecular flexibility index (Phi) is 4.25. The van der Waals surface area contributed by atoms with Crippen molar-refractivity contribution >= 4 is 11.6 Å². The van der Waals surface area contributed by atoms with Crippen LogP contribution in [0, 0.1) is 6.92 Å². The number of aryl methyl sites for hydroxylation is 1. The van der Waals surface area contributed by atoms with Gasteiger partial charge in [0.1, 0.15) is 0 Å². The van der Waals surface area contributed by atoms with E-state index in [9.17, 15) is 4.79 Å². The summed E-state index contributed by atoms with van der Waals surface area (Å²) >= 11 is 0. The summed E-state index contributed by atoms with van der Waals surface area (Å²) in [6, 6.07) is 18.0. The van der Waals surface area contributed by atoms with Crippen molar-refractivity contribution in [3.63, 3.8) is 0 Å². The molecule has 1 saturated heterocycles. The zero-order chi connectivity index (χ0) is 15.4. The van der Waals surface area contributed by atoms with Gasteiger partial charge in [-0.05, 0) is 43.0 Å². The van der Waals surface area contributed by atoms with E-state index in [1.807, 2.05) is 61.5 Å². The van der Waals surface area contributed by atoms with Gasteiger partial charge in [-0.15, -0.1) is 0 Å². The molecule has 0 unspecified atom stereocenters. The molecule has 0 spiro atoms. The molecule has 0 atom stereocenters. The Morgan fingerprint density at radius 1 is 1.05 bits per heavy atom. The summed E-state index contributed by atoms with van der Waals surface area (Å²) in [7, 11) is 0. The fourth-order valence-corrected chi connectivity index (χ4v) is 3.10. The van der Waals surface area contributed by atoms with Crippen molar-refractivity contribution in [1.82, 2.24) is 0 Å². The van der Waals surface area contributed by atoms with E-state index in [4.69, 9.17) is 4.74 Å². The van der Waals surface area contributed by atoms with Crippen LogP contribution in [-0.4, -0.2) is 19.1 Å². The Morgan fingerprint density at radius 3 is 2.45 bits per heavy atom. The van der Waals surface area contributed by atoms with Gasteiger partial charge in [0.2, 0.25) is 5.91 Å². The van der Waals surface area contributed by atoms with Crippen LogP contribution in [0.3, 0.4) is 0 Å². The van der Waals surface area contributed by atoms with Gasteiger partial charge in [-0.3, -0.25) is 4.79 Å². The van der Waals surface area contributed by atoms with Gasteiger partial charge in [0.15, 0.2) is 0 Å². The Morgan fingerprint density at radius 2 is 1.77 bits per heavy atom. The van der Waals surface area contributed by atoms with Crippen LogP contribution >= 0.6 is 0 Å². The number of nitrogens with one attached hydrogen (secondary N) is 1. The molecule has 114 valence electrons. The fourth-order valence-electron chi connectivity index (χ4n) is 3.10. The third kappa shape index (κ3) is 2.90. The summed E-state index contributed by atoms with van der Waals surface area (Å²) in [5.41, 5.74) is 2.57. The monoisotopic (exact) mass is 295 g/mol. The molecular weight excluding hydrogens is 274 g/mol. The molecule has 1 amide bonds. The summed E-state index contributed by atoms with van der Waals surface area (Å²) in [4.78, 5) is 13.0. The van der Waals surface area contributed by atoms with Crippen molar-refractivity contribution in [3.05, 3.63) is 65.7 Å². The minimum Gasteiger partial charge on any atom is -0.381 e. The number of carbonyl (C=O) groups excluding carboxylic acids is 1. The van der Waals surface area contributed by atoms with Gasteiger partial charge in [0.05, 0.1) is 5.41 Å². The molecule has 1 heterocycles. The zero-order valence-corrected chi connectivity index (χ0v) is 12.8. The highest BCUT2D eigenvalue weighted by Gasteiger charge is 2.41. The number of carbonyl (C=O) groups is 1. The van der Waals surface area contributed by atoms with Gasteiger partial charge in [-0.1, -0.05) is 42.5 Å². The molecule has 3 heteroatoms. The number of hydrogen-bond acceptors (Lipinski definition) is 2. The summed E-state index contributed by atoms with van der Waals surface area (Å²) in [5, 5.41) is 3.10. The Labute approximate surface area is 131 Å². The quantitative estimate of drug-likeness (QED) is 0.938. The molecule has 22 heavy (non-hydrogen) atoms. The summed E-state index contributed by atoms with van der Waals surface area (Å²) in [6.07, 6.45) is 1.43. The predicted octanol–water partition coefficient (Wildman–Crippen LogP) is 3.68. The van der Waals surface area contributed by atoms with Crippen LogP contribution in [-0.2, 0) is 14.9 Å². The summed E-state index contributed by atoms with van der Waals surface area (Å²) < 4.78 is 5.49. The van der Waals surface area contributed by atoms with Crippen LogP contribution < -0.4 is 5.32 Å². The van der Waals surface area contributed by atoms with E-state index in [0.29, 0.717) is 26.1 Å². The van der Waals surface area contributed by atoms with Crippen LogP contribution in [0.2, 0.25) is 0 Å². The second kappa shape index (κ2) is 6.32. The van der Waals surface area contributed by atoms with Crippen molar-refractivity contribution in [2.45, 2.75) is 25.2 Å². The van der Waals surface area contributed by atoms with E-state index in [1.54, 1.807) is 0 Å². The van der Waals surface area contributed by atoms with Crippen LogP contribution in [0.1, 0.15) is 24.0 Å². The molecule has 0 radical (unpaired) electrons. The van der Waals surface area contributed by atoms with E-state index in [1.165, 1.54) is 0 Å². The third-order valence-corrected chi connectivity index (χ3v) is 4.38. The van der Waals surface area contributed by atoms with E-state index in [0.717, 1.165) is 16.8 Å². The van der Waals surface area contributed by atoms with Gasteiger partial charge >= 0.3 is 0 Å². The minimum atomic E-state index is -0.497.